The van der Waals surface area contributed by atoms with Gasteiger partial charge in [0, 0.05) is 30.4 Å². The second kappa shape index (κ2) is 7.91. The van der Waals surface area contributed by atoms with Gasteiger partial charge in [0.1, 0.15) is 6.67 Å². The van der Waals surface area contributed by atoms with E-state index >= 15 is 0 Å². The van der Waals surface area contributed by atoms with Gasteiger partial charge in [0.25, 0.3) is 0 Å². The Bertz CT molecular complexity index is 545. The summed E-state index contributed by atoms with van der Waals surface area (Å²) in [6.45, 7) is 0.432. The molecule has 20 heavy (non-hydrogen) atoms. The van der Waals surface area contributed by atoms with Gasteiger partial charge in [0.2, 0.25) is 0 Å². The van der Waals surface area contributed by atoms with Crippen LogP contribution in [0.15, 0.2) is 30.6 Å². The lowest BCUT2D eigenvalue weighted by Crippen LogP contribution is -2.13. The van der Waals surface area contributed by atoms with Crippen LogP contribution in [-0.4, -0.2) is 16.5 Å². The lowest BCUT2D eigenvalue weighted by molar-refractivity contribution is 0.427. The van der Waals surface area contributed by atoms with Crippen LogP contribution in [-0.2, 0) is 19.6 Å². The van der Waals surface area contributed by atoms with Gasteiger partial charge in [-0.25, -0.2) is 13.2 Å². The van der Waals surface area contributed by atoms with Crippen molar-refractivity contribution >= 4 is 12.4 Å². The van der Waals surface area contributed by atoms with Crippen LogP contribution in [0.4, 0.5) is 13.2 Å². The zero-order valence-corrected chi connectivity index (χ0v) is 11.5. The Hall–Kier alpha value is -1.53. The molecule has 2 rings (SSSR count). The Balaban J connectivity index is 0.00000200. The van der Waals surface area contributed by atoms with Gasteiger partial charge in [-0.1, -0.05) is 12.1 Å². The number of benzene rings is 1. The molecule has 0 saturated heterocycles. The largest absolute Gasteiger partial charge is 0.308 e. The molecule has 0 bridgehead atoms. The van der Waals surface area contributed by atoms with Crippen molar-refractivity contribution in [3.8, 4) is 0 Å². The quantitative estimate of drug-likeness (QED) is 0.889. The molecule has 1 N–H and O–H groups in total. The molecule has 0 atom stereocenters. The molecule has 110 valence electrons. The molecular formula is C13H15ClF3N3. The first kappa shape index (κ1) is 16.5. The topological polar surface area (TPSA) is 29.9 Å². The molecule has 0 aliphatic carbocycles. The first-order valence-corrected chi connectivity index (χ1v) is 5.91. The van der Waals surface area contributed by atoms with E-state index in [0.29, 0.717) is 6.54 Å². The number of halogens is 4. The van der Waals surface area contributed by atoms with Crippen molar-refractivity contribution in [2.75, 3.05) is 6.67 Å². The highest BCUT2D eigenvalue weighted by Gasteiger charge is 2.07. The molecule has 0 unspecified atom stereocenters. The second-order valence-corrected chi connectivity index (χ2v) is 4.12. The normalized spacial score (nSPS) is 10.3. The molecule has 0 saturated carbocycles. The maximum Gasteiger partial charge on any atom is 0.163 e. The minimum Gasteiger partial charge on any atom is -0.308 e. The van der Waals surface area contributed by atoms with Crippen molar-refractivity contribution in [1.82, 2.24) is 15.1 Å². The molecule has 7 heteroatoms. The maximum absolute atomic E-state index is 13.4. The Kier molecular flexibility index (Phi) is 6.54. The van der Waals surface area contributed by atoms with E-state index in [9.17, 15) is 13.2 Å². The zero-order chi connectivity index (χ0) is 13.7. The summed E-state index contributed by atoms with van der Waals surface area (Å²) in [7, 11) is 0. The Morgan fingerprint density at radius 2 is 2.00 bits per heavy atom. The molecule has 3 nitrogen and oxygen atoms in total. The number of hydrogen-bond acceptors (Lipinski definition) is 2. The Morgan fingerprint density at radius 3 is 2.75 bits per heavy atom. The van der Waals surface area contributed by atoms with Crippen LogP contribution in [0.3, 0.4) is 0 Å². The van der Waals surface area contributed by atoms with E-state index in [1.165, 1.54) is 16.8 Å². The third-order valence-electron chi connectivity index (χ3n) is 2.68. The molecule has 0 fully saturated rings. The molecular weight excluding hydrogens is 291 g/mol. The molecule has 1 heterocycles. The fourth-order valence-electron chi connectivity index (χ4n) is 1.73. The van der Waals surface area contributed by atoms with E-state index in [-0.39, 0.29) is 31.1 Å². The zero-order valence-electron chi connectivity index (χ0n) is 10.7. The summed E-state index contributed by atoms with van der Waals surface area (Å²) in [6.07, 6.45) is 3.33. The van der Waals surface area contributed by atoms with E-state index < -0.39 is 18.3 Å². The minimum atomic E-state index is -0.852. The Morgan fingerprint density at radius 1 is 1.20 bits per heavy atom. The lowest BCUT2D eigenvalue weighted by Gasteiger charge is -2.05. The fourth-order valence-corrected chi connectivity index (χ4v) is 1.73. The fraction of sp³-hybridized carbons (Fsp3) is 0.308. The number of nitrogens with zero attached hydrogens (tertiary/aromatic N) is 2. The van der Waals surface area contributed by atoms with Gasteiger partial charge in [-0.05, 0) is 6.07 Å². The summed E-state index contributed by atoms with van der Waals surface area (Å²) in [5.41, 5.74) is 1.14. The summed E-state index contributed by atoms with van der Waals surface area (Å²) < 4.78 is 39.9. The highest BCUT2D eigenvalue weighted by molar-refractivity contribution is 5.85. The van der Waals surface area contributed by atoms with Crippen molar-refractivity contribution in [1.29, 1.82) is 0 Å². The molecule has 0 amide bonds. The van der Waals surface area contributed by atoms with E-state index in [0.717, 1.165) is 11.6 Å². The van der Waals surface area contributed by atoms with Crippen LogP contribution in [0.2, 0.25) is 0 Å². The number of hydrogen-bond donors (Lipinski definition) is 1. The molecule has 2 aromatic rings. The van der Waals surface area contributed by atoms with E-state index in [1.54, 1.807) is 12.4 Å². The van der Waals surface area contributed by atoms with E-state index in [1.807, 2.05) is 0 Å². The van der Waals surface area contributed by atoms with Crippen LogP contribution < -0.4 is 5.32 Å². The summed E-state index contributed by atoms with van der Waals surface area (Å²) >= 11 is 0. The van der Waals surface area contributed by atoms with E-state index in [2.05, 4.69) is 10.4 Å². The number of nitrogens with one attached hydrogen (secondary N) is 1. The highest BCUT2D eigenvalue weighted by Crippen LogP contribution is 2.11. The van der Waals surface area contributed by atoms with Crippen LogP contribution in [0.5, 0.6) is 0 Å². The van der Waals surface area contributed by atoms with Gasteiger partial charge in [-0.15, -0.1) is 12.4 Å². The first-order chi connectivity index (χ1) is 9.20. The lowest BCUT2D eigenvalue weighted by atomic mass is 10.2. The SMILES string of the molecule is Cl.FCCn1cc(CNCc2cccc(F)c2F)cn1. The maximum atomic E-state index is 13.4. The van der Waals surface area contributed by atoms with Crippen molar-refractivity contribution in [3.63, 3.8) is 0 Å². The van der Waals surface area contributed by atoms with Gasteiger partial charge in [-0.2, -0.15) is 5.10 Å². The third-order valence-corrected chi connectivity index (χ3v) is 2.68. The average Bonchev–Trinajstić information content (AvgIpc) is 2.83. The summed E-state index contributed by atoms with van der Waals surface area (Å²) in [4.78, 5) is 0. The smallest absolute Gasteiger partial charge is 0.163 e. The van der Waals surface area contributed by atoms with Crippen LogP contribution in [0.1, 0.15) is 11.1 Å². The van der Waals surface area contributed by atoms with Crippen molar-refractivity contribution in [2.24, 2.45) is 0 Å². The molecule has 1 aromatic heterocycles. The molecule has 0 aliphatic rings. The second-order valence-electron chi connectivity index (χ2n) is 4.12. The van der Waals surface area contributed by atoms with Crippen LogP contribution in [0.25, 0.3) is 0 Å². The van der Waals surface area contributed by atoms with Gasteiger partial charge < -0.3 is 5.32 Å². The number of aromatic nitrogens is 2. The van der Waals surface area contributed by atoms with Gasteiger partial charge >= 0.3 is 0 Å². The highest BCUT2D eigenvalue weighted by atomic mass is 35.5. The van der Waals surface area contributed by atoms with E-state index in [4.69, 9.17) is 0 Å². The van der Waals surface area contributed by atoms with Crippen molar-refractivity contribution in [3.05, 3.63) is 53.4 Å². The van der Waals surface area contributed by atoms with Crippen LogP contribution >= 0.6 is 12.4 Å². The summed E-state index contributed by atoms with van der Waals surface area (Å²) in [5, 5.41) is 6.95. The van der Waals surface area contributed by atoms with Gasteiger partial charge in [0.15, 0.2) is 11.6 Å². The predicted molar refractivity (Wildman–Crippen MR) is 72.4 cm³/mol. The third kappa shape index (κ3) is 4.25. The standard InChI is InChI=1S/C13H14F3N3.ClH/c14-4-5-19-9-10(7-18-19)6-17-8-11-2-1-3-12(15)13(11)16;/h1-3,7,9,17H,4-6,8H2;1H. The number of aryl methyl sites for hydroxylation is 1. The number of rotatable bonds is 6. The average molecular weight is 306 g/mol. The first-order valence-electron chi connectivity index (χ1n) is 5.91. The van der Waals surface area contributed by atoms with Crippen molar-refractivity contribution in [2.45, 2.75) is 19.6 Å². The van der Waals surface area contributed by atoms with Crippen molar-refractivity contribution < 1.29 is 13.2 Å². The van der Waals surface area contributed by atoms with Crippen LogP contribution in [0, 0.1) is 11.6 Å². The molecule has 0 radical (unpaired) electrons. The monoisotopic (exact) mass is 305 g/mol. The molecule has 1 aromatic carbocycles. The Labute approximate surface area is 121 Å². The van der Waals surface area contributed by atoms with Gasteiger partial charge in [0.05, 0.1) is 12.7 Å². The minimum absolute atomic E-state index is 0. The summed E-state index contributed by atoms with van der Waals surface area (Å²) in [6, 6.07) is 4.08. The predicted octanol–water partition coefficient (Wildman–Crippen LogP) is 2.84. The summed E-state index contributed by atoms with van der Waals surface area (Å²) in [5.74, 6) is -1.68. The number of alkyl halides is 1. The molecule has 0 spiro atoms. The van der Waals surface area contributed by atoms with Gasteiger partial charge in [-0.3, -0.25) is 4.68 Å². The molecule has 0 aliphatic heterocycles.